The molecule has 1 N–H and O–H groups in total. The lowest BCUT2D eigenvalue weighted by Crippen LogP contribution is -2.49. The van der Waals surface area contributed by atoms with Gasteiger partial charge in [-0.1, -0.05) is 25.1 Å². The molecule has 0 saturated carbocycles. The van der Waals surface area contributed by atoms with E-state index >= 15 is 0 Å². The summed E-state index contributed by atoms with van der Waals surface area (Å²) in [6.07, 6.45) is 7.88. The Labute approximate surface area is 121 Å². The Kier molecular flexibility index (Phi) is 5.73. The Morgan fingerprint density at radius 3 is 2.39 bits per heavy atom. The van der Waals surface area contributed by atoms with E-state index in [-0.39, 0.29) is 0 Å². The van der Waals surface area contributed by atoms with Gasteiger partial charge in [0.15, 0.2) is 4.32 Å². The molecule has 104 valence electrons. The predicted octanol–water partition coefficient (Wildman–Crippen LogP) is 3.17. The van der Waals surface area contributed by atoms with Gasteiger partial charge in [-0.15, -0.1) is 0 Å². The molecule has 0 amide bonds. The van der Waals surface area contributed by atoms with E-state index in [2.05, 4.69) is 28.6 Å². The topological polar surface area (TPSA) is 18.5 Å². The minimum Gasteiger partial charge on any atom is -0.303 e. The van der Waals surface area contributed by atoms with Crippen molar-refractivity contribution in [2.75, 3.05) is 13.1 Å². The Morgan fingerprint density at radius 1 is 1.06 bits per heavy atom. The summed E-state index contributed by atoms with van der Waals surface area (Å²) >= 11 is 7.23. The van der Waals surface area contributed by atoms with Crippen LogP contribution in [-0.2, 0) is 0 Å². The van der Waals surface area contributed by atoms with Gasteiger partial charge in [0.1, 0.15) is 0 Å². The molecule has 2 heterocycles. The third-order valence-corrected chi connectivity index (χ3v) is 5.33. The standard InChI is InChI=1S/C13H25N3S2/c1-11-7-3-5-9-15(11)14-13(17)18-16-10-6-4-8-12(16)2/h11-12H,3-10H2,1-2H3,(H,14,17). The van der Waals surface area contributed by atoms with E-state index in [1.54, 1.807) is 11.9 Å². The molecule has 2 aliphatic heterocycles. The fourth-order valence-electron chi connectivity index (χ4n) is 2.72. The lowest BCUT2D eigenvalue weighted by molar-refractivity contribution is 0.132. The monoisotopic (exact) mass is 287 g/mol. The Balaban J connectivity index is 1.77. The third kappa shape index (κ3) is 4.08. The molecule has 2 atom stereocenters. The minimum atomic E-state index is 0.607. The second kappa shape index (κ2) is 7.08. The van der Waals surface area contributed by atoms with Crippen LogP contribution in [0.4, 0.5) is 0 Å². The lowest BCUT2D eigenvalue weighted by atomic mass is 10.1. The second-order valence-corrected chi connectivity index (χ2v) is 7.24. The largest absolute Gasteiger partial charge is 0.303 e. The number of rotatable bonds is 2. The summed E-state index contributed by atoms with van der Waals surface area (Å²) in [4.78, 5) is 0. The summed E-state index contributed by atoms with van der Waals surface area (Å²) in [7, 11) is 0. The van der Waals surface area contributed by atoms with Crippen molar-refractivity contribution in [2.24, 2.45) is 0 Å². The van der Waals surface area contributed by atoms with Crippen LogP contribution in [0.3, 0.4) is 0 Å². The normalized spacial score (nSPS) is 31.2. The summed E-state index contributed by atoms with van der Waals surface area (Å²) in [5.74, 6) is 0. The van der Waals surface area contributed by atoms with E-state index in [1.807, 2.05) is 0 Å². The molecule has 3 nitrogen and oxygen atoms in total. The van der Waals surface area contributed by atoms with Crippen LogP contribution in [0.5, 0.6) is 0 Å². The lowest BCUT2D eigenvalue weighted by Gasteiger charge is -2.36. The maximum Gasteiger partial charge on any atom is 0.163 e. The summed E-state index contributed by atoms with van der Waals surface area (Å²) in [5, 5.41) is 2.31. The molecule has 2 aliphatic rings. The molecule has 2 fully saturated rings. The molecule has 2 saturated heterocycles. The quantitative estimate of drug-likeness (QED) is 0.619. The Hall–Kier alpha value is 0.160. The van der Waals surface area contributed by atoms with Gasteiger partial charge in [-0.3, -0.25) is 0 Å². The SMILES string of the molecule is CC1CCCCN1NC(=S)SN1CCCCC1C. The summed E-state index contributed by atoms with van der Waals surface area (Å²) in [6, 6.07) is 1.26. The maximum absolute atomic E-state index is 5.49. The molecule has 0 radical (unpaired) electrons. The van der Waals surface area contributed by atoms with Gasteiger partial charge in [-0.05, 0) is 51.5 Å². The van der Waals surface area contributed by atoms with E-state index in [0.717, 1.165) is 10.9 Å². The van der Waals surface area contributed by atoms with Crippen molar-refractivity contribution in [3.05, 3.63) is 0 Å². The van der Waals surface area contributed by atoms with Crippen LogP contribution in [0.1, 0.15) is 52.4 Å². The zero-order valence-corrected chi connectivity index (χ0v) is 13.2. The first-order valence-electron chi connectivity index (χ1n) is 7.18. The molecular formula is C13H25N3S2. The van der Waals surface area contributed by atoms with Gasteiger partial charge in [0.05, 0.1) is 0 Å². The molecule has 0 bridgehead atoms. The zero-order valence-electron chi connectivity index (χ0n) is 11.5. The van der Waals surface area contributed by atoms with Crippen LogP contribution >= 0.6 is 24.2 Å². The van der Waals surface area contributed by atoms with Crippen LogP contribution < -0.4 is 5.43 Å². The Morgan fingerprint density at radius 2 is 1.72 bits per heavy atom. The highest BCUT2D eigenvalue weighted by atomic mass is 32.2. The molecule has 2 unspecified atom stereocenters. The van der Waals surface area contributed by atoms with Crippen LogP contribution in [0.2, 0.25) is 0 Å². The molecule has 5 heteroatoms. The van der Waals surface area contributed by atoms with Gasteiger partial charge in [-0.2, -0.15) is 0 Å². The average molecular weight is 287 g/mol. The number of hydrogen-bond acceptors (Lipinski definition) is 4. The van der Waals surface area contributed by atoms with Gasteiger partial charge in [0.2, 0.25) is 0 Å². The van der Waals surface area contributed by atoms with E-state index < -0.39 is 0 Å². The van der Waals surface area contributed by atoms with Crippen LogP contribution in [0, 0.1) is 0 Å². The number of nitrogens with zero attached hydrogens (tertiary/aromatic N) is 2. The molecule has 0 aliphatic carbocycles. The fraction of sp³-hybridized carbons (Fsp3) is 0.923. The number of hydrogen-bond donors (Lipinski definition) is 1. The van der Waals surface area contributed by atoms with Crippen molar-refractivity contribution >= 4 is 28.5 Å². The van der Waals surface area contributed by atoms with Crippen LogP contribution in [-0.4, -0.2) is 38.8 Å². The second-order valence-electron chi connectivity index (χ2n) is 5.51. The molecule has 0 aromatic heterocycles. The molecule has 0 spiro atoms. The summed E-state index contributed by atoms with van der Waals surface area (Å²) in [5.41, 5.74) is 3.42. The molecule has 0 aromatic carbocycles. The van der Waals surface area contributed by atoms with Gasteiger partial charge in [-0.25, -0.2) is 9.31 Å². The fourth-order valence-corrected chi connectivity index (χ4v) is 4.00. The molecule has 0 aromatic rings. The molecule has 18 heavy (non-hydrogen) atoms. The van der Waals surface area contributed by atoms with Crippen molar-refractivity contribution < 1.29 is 0 Å². The van der Waals surface area contributed by atoms with Gasteiger partial charge >= 0.3 is 0 Å². The van der Waals surface area contributed by atoms with E-state index in [0.29, 0.717) is 12.1 Å². The van der Waals surface area contributed by atoms with Crippen molar-refractivity contribution in [3.8, 4) is 0 Å². The first kappa shape index (κ1) is 14.6. The highest BCUT2D eigenvalue weighted by Gasteiger charge is 2.23. The summed E-state index contributed by atoms with van der Waals surface area (Å²) in [6.45, 7) is 6.88. The predicted molar refractivity (Wildman–Crippen MR) is 83.4 cm³/mol. The highest BCUT2D eigenvalue weighted by molar-refractivity contribution is 8.21. The van der Waals surface area contributed by atoms with Crippen molar-refractivity contribution in [2.45, 2.75) is 64.5 Å². The maximum atomic E-state index is 5.49. The van der Waals surface area contributed by atoms with Gasteiger partial charge in [0, 0.05) is 25.2 Å². The smallest absolute Gasteiger partial charge is 0.163 e. The highest BCUT2D eigenvalue weighted by Crippen LogP contribution is 2.25. The Bertz CT molecular complexity index is 259. The average Bonchev–Trinajstić information content (AvgIpc) is 2.35. The summed E-state index contributed by atoms with van der Waals surface area (Å²) < 4.78 is 3.35. The van der Waals surface area contributed by atoms with Gasteiger partial charge in [0.25, 0.3) is 0 Å². The number of piperidine rings is 2. The number of hydrazine groups is 1. The van der Waals surface area contributed by atoms with Crippen LogP contribution in [0.25, 0.3) is 0 Å². The number of thiocarbonyl (C=S) groups is 1. The van der Waals surface area contributed by atoms with E-state index in [9.17, 15) is 0 Å². The van der Waals surface area contributed by atoms with E-state index in [4.69, 9.17) is 12.2 Å². The minimum absolute atomic E-state index is 0.607. The van der Waals surface area contributed by atoms with Crippen molar-refractivity contribution in [3.63, 3.8) is 0 Å². The zero-order chi connectivity index (χ0) is 13.0. The van der Waals surface area contributed by atoms with Crippen LogP contribution in [0.15, 0.2) is 0 Å². The first-order valence-corrected chi connectivity index (χ1v) is 8.37. The van der Waals surface area contributed by atoms with E-state index in [1.165, 1.54) is 45.1 Å². The first-order chi connectivity index (χ1) is 8.66. The van der Waals surface area contributed by atoms with Crippen molar-refractivity contribution in [1.29, 1.82) is 0 Å². The molecular weight excluding hydrogens is 262 g/mol. The number of nitrogens with one attached hydrogen (secondary N) is 1. The van der Waals surface area contributed by atoms with Crippen molar-refractivity contribution in [1.82, 2.24) is 14.7 Å². The van der Waals surface area contributed by atoms with Gasteiger partial charge < -0.3 is 5.43 Å². The molecule has 2 rings (SSSR count). The third-order valence-electron chi connectivity index (χ3n) is 3.98.